The average Bonchev–Trinajstić information content (AvgIpc) is 3.07. The van der Waals surface area contributed by atoms with E-state index in [0.717, 1.165) is 42.2 Å². The molecule has 0 saturated carbocycles. The number of anilines is 1. The van der Waals surface area contributed by atoms with Gasteiger partial charge in [-0.15, -0.1) is 5.10 Å². The maximum atomic E-state index is 11.7. The second-order valence-corrected chi connectivity index (χ2v) is 7.46. The van der Waals surface area contributed by atoms with Gasteiger partial charge in [0, 0.05) is 24.9 Å². The Morgan fingerprint density at radius 1 is 1.28 bits per heavy atom. The van der Waals surface area contributed by atoms with Gasteiger partial charge in [0.05, 0.1) is 24.1 Å². The topological polar surface area (TPSA) is 121 Å². The van der Waals surface area contributed by atoms with Crippen LogP contribution in [-0.2, 0) is 19.1 Å². The number of ether oxygens (including phenoxy) is 1. The van der Waals surface area contributed by atoms with Crippen LogP contribution in [0.4, 0.5) is 5.69 Å². The molecule has 9 nitrogen and oxygen atoms in total. The van der Waals surface area contributed by atoms with Crippen LogP contribution >= 0.6 is 11.8 Å². The molecule has 0 aliphatic carbocycles. The summed E-state index contributed by atoms with van der Waals surface area (Å²) in [6, 6.07) is 7.70. The molecule has 0 spiro atoms. The molecule has 2 heterocycles. The Balaban J connectivity index is 1.56. The molecule has 1 aromatic rings. The van der Waals surface area contributed by atoms with Gasteiger partial charge in [-0.2, -0.15) is 5.10 Å². The summed E-state index contributed by atoms with van der Waals surface area (Å²) in [5, 5.41) is 19.8. The van der Waals surface area contributed by atoms with Crippen LogP contribution in [0.1, 0.15) is 18.4 Å². The Hall–Kier alpha value is -3.14. The summed E-state index contributed by atoms with van der Waals surface area (Å²) in [5.41, 5.74) is 1.87. The van der Waals surface area contributed by atoms with Crippen molar-refractivity contribution in [2.24, 2.45) is 16.1 Å². The highest BCUT2D eigenvalue weighted by atomic mass is 32.2. The number of nitrogens with zero attached hydrogens (tertiary/aromatic N) is 3. The van der Waals surface area contributed by atoms with Gasteiger partial charge >= 0.3 is 11.9 Å². The summed E-state index contributed by atoms with van der Waals surface area (Å²) in [7, 11) is 1.24. The molecular formula is C19H20N4O5S. The number of benzene rings is 1. The molecule has 2 aliphatic rings. The number of nitrogens with one attached hydrogen (secondary N) is 1. The maximum Gasteiger partial charge on any atom is 0.331 e. The van der Waals surface area contributed by atoms with Crippen LogP contribution in [0.3, 0.4) is 0 Å². The van der Waals surface area contributed by atoms with Crippen LogP contribution in [0.2, 0.25) is 0 Å². The molecule has 2 fully saturated rings. The van der Waals surface area contributed by atoms with E-state index in [1.807, 2.05) is 24.3 Å². The normalized spacial score (nSPS) is 20.4. The number of carbonyl (C=O) groups is 3. The number of amides is 1. The van der Waals surface area contributed by atoms with E-state index in [2.05, 4.69) is 25.2 Å². The molecule has 2 saturated heterocycles. The molecule has 0 unspecified atom stereocenters. The van der Waals surface area contributed by atoms with Gasteiger partial charge < -0.3 is 14.7 Å². The van der Waals surface area contributed by atoms with E-state index in [1.165, 1.54) is 7.11 Å². The van der Waals surface area contributed by atoms with Crippen molar-refractivity contribution in [3.8, 4) is 0 Å². The lowest BCUT2D eigenvalue weighted by molar-refractivity contribution is -0.142. The number of rotatable bonds is 5. The number of carboxylic acid groups (broad SMARTS) is 1. The molecular weight excluding hydrogens is 396 g/mol. The third kappa shape index (κ3) is 5.44. The largest absolute Gasteiger partial charge is 0.481 e. The fourth-order valence-electron chi connectivity index (χ4n) is 2.94. The lowest BCUT2D eigenvalue weighted by Crippen LogP contribution is -2.36. The molecule has 10 heteroatoms. The number of carboxylic acids is 1. The zero-order chi connectivity index (χ0) is 20.8. The molecule has 3 rings (SSSR count). The van der Waals surface area contributed by atoms with Gasteiger partial charge in [0.25, 0.3) is 5.91 Å². The Kier molecular flexibility index (Phi) is 6.65. The maximum absolute atomic E-state index is 11.7. The zero-order valence-corrected chi connectivity index (χ0v) is 16.5. The summed E-state index contributed by atoms with van der Waals surface area (Å²) in [6.07, 6.45) is 3.95. The van der Waals surface area contributed by atoms with E-state index in [4.69, 9.17) is 5.11 Å². The number of esters is 1. The number of hydrogen-bond acceptors (Lipinski definition) is 8. The van der Waals surface area contributed by atoms with E-state index < -0.39 is 17.8 Å². The summed E-state index contributed by atoms with van der Waals surface area (Å²) >= 11 is 1.01. The van der Waals surface area contributed by atoms with Gasteiger partial charge in [0.15, 0.2) is 5.17 Å². The van der Waals surface area contributed by atoms with Crippen molar-refractivity contribution >= 4 is 46.7 Å². The summed E-state index contributed by atoms with van der Waals surface area (Å²) in [5.74, 6) is -2.01. The molecule has 1 aromatic carbocycles. The average molecular weight is 416 g/mol. The molecule has 0 aromatic heterocycles. The van der Waals surface area contributed by atoms with Crippen molar-refractivity contribution < 1.29 is 24.2 Å². The van der Waals surface area contributed by atoms with Crippen molar-refractivity contribution in [2.75, 3.05) is 25.1 Å². The van der Waals surface area contributed by atoms with Gasteiger partial charge in [0.2, 0.25) is 0 Å². The van der Waals surface area contributed by atoms with E-state index in [1.54, 1.807) is 6.21 Å². The van der Waals surface area contributed by atoms with Crippen LogP contribution < -0.4 is 10.2 Å². The van der Waals surface area contributed by atoms with Crippen LogP contribution in [0, 0.1) is 5.92 Å². The van der Waals surface area contributed by atoms with Crippen LogP contribution in [-0.4, -0.2) is 54.5 Å². The minimum Gasteiger partial charge on any atom is -0.481 e. The van der Waals surface area contributed by atoms with E-state index in [0.29, 0.717) is 12.8 Å². The third-order valence-corrected chi connectivity index (χ3v) is 5.46. The fraction of sp³-hybridized carbons (Fsp3) is 0.316. The SMILES string of the molecule is COC(=O)/C=C1/S/C(=N\N=Cc2ccc(N3CCC(C(=O)O)CC3)cc2)NC1=O. The Bertz CT molecular complexity index is 886. The number of carbonyl (C=O) groups excluding carboxylic acids is 2. The summed E-state index contributed by atoms with van der Waals surface area (Å²) < 4.78 is 4.50. The Morgan fingerprint density at radius 3 is 2.59 bits per heavy atom. The number of methoxy groups -OCH3 is 1. The van der Waals surface area contributed by atoms with Crippen molar-refractivity contribution in [3.63, 3.8) is 0 Å². The first kappa shape index (κ1) is 20.6. The predicted molar refractivity (Wildman–Crippen MR) is 110 cm³/mol. The molecule has 0 atom stereocenters. The molecule has 152 valence electrons. The summed E-state index contributed by atoms with van der Waals surface area (Å²) in [6.45, 7) is 1.44. The van der Waals surface area contributed by atoms with E-state index >= 15 is 0 Å². The van der Waals surface area contributed by atoms with Gasteiger partial charge in [-0.25, -0.2) is 4.79 Å². The quantitative estimate of drug-likeness (QED) is 0.324. The molecule has 29 heavy (non-hydrogen) atoms. The number of amidine groups is 1. The highest BCUT2D eigenvalue weighted by molar-refractivity contribution is 8.18. The number of piperidine rings is 1. The Morgan fingerprint density at radius 2 is 1.97 bits per heavy atom. The van der Waals surface area contributed by atoms with Gasteiger partial charge in [-0.1, -0.05) is 12.1 Å². The predicted octanol–water partition coefficient (Wildman–Crippen LogP) is 1.60. The number of thioether (sulfide) groups is 1. The third-order valence-electron chi connectivity index (χ3n) is 4.56. The van der Waals surface area contributed by atoms with Gasteiger partial charge in [0.1, 0.15) is 0 Å². The molecule has 2 N–H and O–H groups in total. The highest BCUT2D eigenvalue weighted by Gasteiger charge is 2.25. The second kappa shape index (κ2) is 9.37. The highest BCUT2D eigenvalue weighted by Crippen LogP contribution is 2.24. The van der Waals surface area contributed by atoms with Gasteiger partial charge in [-0.3, -0.25) is 14.9 Å². The minimum atomic E-state index is -0.720. The Labute approximate surface area is 171 Å². The number of hydrogen-bond donors (Lipinski definition) is 2. The molecule has 1 amide bonds. The van der Waals surface area contributed by atoms with Crippen LogP contribution in [0.25, 0.3) is 0 Å². The monoisotopic (exact) mass is 416 g/mol. The fourth-order valence-corrected chi connectivity index (χ4v) is 3.68. The zero-order valence-electron chi connectivity index (χ0n) is 15.7. The lowest BCUT2D eigenvalue weighted by Gasteiger charge is -2.31. The van der Waals surface area contributed by atoms with Crippen molar-refractivity contribution in [1.29, 1.82) is 0 Å². The van der Waals surface area contributed by atoms with Crippen molar-refractivity contribution in [3.05, 3.63) is 40.8 Å². The smallest absolute Gasteiger partial charge is 0.331 e. The first-order chi connectivity index (χ1) is 14.0. The van der Waals surface area contributed by atoms with Crippen LogP contribution in [0.15, 0.2) is 45.4 Å². The van der Waals surface area contributed by atoms with E-state index in [-0.39, 0.29) is 16.0 Å². The van der Waals surface area contributed by atoms with Gasteiger partial charge in [-0.05, 0) is 42.3 Å². The van der Waals surface area contributed by atoms with E-state index in [9.17, 15) is 14.4 Å². The first-order valence-electron chi connectivity index (χ1n) is 8.94. The molecule has 0 radical (unpaired) electrons. The van der Waals surface area contributed by atoms with Crippen molar-refractivity contribution in [2.45, 2.75) is 12.8 Å². The lowest BCUT2D eigenvalue weighted by atomic mass is 9.96. The number of aliphatic carboxylic acids is 1. The van der Waals surface area contributed by atoms with Crippen molar-refractivity contribution in [1.82, 2.24) is 5.32 Å². The first-order valence-corrected chi connectivity index (χ1v) is 9.75. The summed E-state index contributed by atoms with van der Waals surface area (Å²) in [4.78, 5) is 36.4. The molecule has 2 aliphatic heterocycles. The minimum absolute atomic E-state index is 0.196. The van der Waals surface area contributed by atoms with Crippen LogP contribution in [0.5, 0.6) is 0 Å². The second-order valence-electron chi connectivity index (χ2n) is 6.43. The molecule has 0 bridgehead atoms. The standard InChI is InChI=1S/C19H20N4O5S/c1-28-16(24)10-15-17(25)21-19(29-15)22-20-11-12-2-4-14(5-3-12)23-8-6-13(7-9-23)18(26)27/h2-5,10-11,13H,6-9H2,1H3,(H,26,27)(H,21,22,25)/b15-10+,20-11?.